The summed E-state index contributed by atoms with van der Waals surface area (Å²) in [5.41, 5.74) is 0.417. The number of hydrogen-bond acceptors (Lipinski definition) is 6. The average molecular weight is 363 g/mol. The number of nitrogens with one attached hydrogen (secondary N) is 1. The summed E-state index contributed by atoms with van der Waals surface area (Å²) in [6.45, 7) is 1.82. The molecule has 1 amide bonds. The third-order valence-electron chi connectivity index (χ3n) is 4.90. The number of carboxylic acid groups (broad SMARTS) is 1. The minimum absolute atomic E-state index is 0.116. The van der Waals surface area contributed by atoms with Gasteiger partial charge in [-0.05, 0) is 25.3 Å². The Bertz CT molecular complexity index is 716. The lowest BCUT2D eigenvalue weighted by atomic mass is 10.1. The van der Waals surface area contributed by atoms with Crippen molar-refractivity contribution in [2.45, 2.75) is 25.3 Å². The van der Waals surface area contributed by atoms with Crippen LogP contribution in [0.4, 0.5) is 11.4 Å². The molecule has 9 nitrogen and oxygen atoms in total. The number of nitro benzene ring substituents is 1. The number of nitrogens with zero attached hydrogens (tertiary/aromatic N) is 2. The maximum atomic E-state index is 12.8. The van der Waals surface area contributed by atoms with Crippen LogP contribution in [0.15, 0.2) is 18.2 Å². The highest BCUT2D eigenvalue weighted by atomic mass is 16.6. The first-order valence-electron chi connectivity index (χ1n) is 8.61. The van der Waals surface area contributed by atoms with Crippen LogP contribution in [0.25, 0.3) is 0 Å². The van der Waals surface area contributed by atoms with Crippen molar-refractivity contribution in [2.75, 3.05) is 31.2 Å². The molecule has 140 valence electrons. The van der Waals surface area contributed by atoms with Gasteiger partial charge >= 0.3 is 5.97 Å². The normalized spacial score (nSPS) is 22.8. The zero-order valence-electron chi connectivity index (χ0n) is 14.2. The number of carbonyl (C=O) groups is 2. The second-order valence-electron chi connectivity index (χ2n) is 6.55. The molecule has 0 bridgehead atoms. The zero-order valence-corrected chi connectivity index (χ0v) is 14.2. The van der Waals surface area contributed by atoms with Crippen molar-refractivity contribution in [2.24, 2.45) is 5.92 Å². The van der Waals surface area contributed by atoms with Crippen molar-refractivity contribution < 1.29 is 24.4 Å². The lowest BCUT2D eigenvalue weighted by molar-refractivity contribution is -0.384. The molecule has 1 saturated heterocycles. The molecular weight excluding hydrogens is 342 g/mol. The first-order valence-corrected chi connectivity index (χ1v) is 8.61. The largest absolute Gasteiger partial charge is 0.481 e. The van der Waals surface area contributed by atoms with Crippen LogP contribution >= 0.6 is 0 Å². The number of para-hydroxylation sites is 1. The van der Waals surface area contributed by atoms with E-state index in [1.165, 1.54) is 12.1 Å². The number of ether oxygens (including phenoxy) is 1. The van der Waals surface area contributed by atoms with Crippen LogP contribution < -0.4 is 10.2 Å². The van der Waals surface area contributed by atoms with E-state index in [1.807, 2.05) is 0 Å². The summed E-state index contributed by atoms with van der Waals surface area (Å²) in [5.74, 6) is -1.72. The minimum Gasteiger partial charge on any atom is -0.481 e. The molecular formula is C17H21N3O6. The van der Waals surface area contributed by atoms with Crippen molar-refractivity contribution in [3.63, 3.8) is 0 Å². The molecule has 2 aliphatic rings. The van der Waals surface area contributed by atoms with Gasteiger partial charge in [0.15, 0.2) is 0 Å². The van der Waals surface area contributed by atoms with Crippen molar-refractivity contribution >= 4 is 23.3 Å². The number of hydrogen-bond donors (Lipinski definition) is 2. The molecule has 9 heteroatoms. The standard InChI is InChI=1S/C17H21N3O6/c21-16(18-12-5-4-11(10-12)17(22)23)13-2-1-3-14(20(24)25)15(13)19-6-8-26-9-7-19/h1-3,11-12H,4-10H2,(H,18,21)(H,22,23)/t11-,12+/m0/s1. The number of amides is 1. The van der Waals surface area contributed by atoms with Crippen LogP contribution in [0.5, 0.6) is 0 Å². The van der Waals surface area contributed by atoms with Gasteiger partial charge in [0, 0.05) is 25.2 Å². The number of benzene rings is 1. The fourth-order valence-corrected chi connectivity index (χ4v) is 3.58. The number of aliphatic carboxylic acids is 1. The second-order valence-corrected chi connectivity index (χ2v) is 6.55. The Morgan fingerprint density at radius 3 is 2.62 bits per heavy atom. The quantitative estimate of drug-likeness (QED) is 0.599. The summed E-state index contributed by atoms with van der Waals surface area (Å²) in [6.07, 6.45) is 1.49. The van der Waals surface area contributed by atoms with Crippen LogP contribution in [-0.2, 0) is 9.53 Å². The van der Waals surface area contributed by atoms with Gasteiger partial charge in [-0.15, -0.1) is 0 Å². The number of nitro groups is 1. The summed E-state index contributed by atoms with van der Waals surface area (Å²) in [4.78, 5) is 36.6. The molecule has 3 rings (SSSR count). The van der Waals surface area contributed by atoms with Gasteiger partial charge in [-0.2, -0.15) is 0 Å². The number of carboxylic acids is 1. The highest BCUT2D eigenvalue weighted by molar-refractivity contribution is 6.02. The molecule has 0 radical (unpaired) electrons. The Morgan fingerprint density at radius 2 is 2.00 bits per heavy atom. The number of rotatable bonds is 5. The molecule has 0 spiro atoms. The van der Waals surface area contributed by atoms with Crippen molar-refractivity contribution in [3.8, 4) is 0 Å². The summed E-state index contributed by atoms with van der Waals surface area (Å²) in [5, 5.41) is 23.4. The van der Waals surface area contributed by atoms with E-state index in [1.54, 1.807) is 11.0 Å². The Morgan fingerprint density at radius 1 is 1.27 bits per heavy atom. The predicted octanol–water partition coefficient (Wildman–Crippen LogP) is 1.41. The lowest BCUT2D eigenvalue weighted by Crippen LogP contribution is -2.39. The van der Waals surface area contributed by atoms with E-state index in [9.17, 15) is 19.7 Å². The molecule has 0 aromatic heterocycles. The molecule has 1 heterocycles. The highest BCUT2D eigenvalue weighted by Gasteiger charge is 2.33. The van der Waals surface area contributed by atoms with Crippen LogP contribution in [0, 0.1) is 16.0 Å². The monoisotopic (exact) mass is 363 g/mol. The SMILES string of the molecule is O=C(N[C@@H]1CC[C@H](C(=O)O)C1)c1cccc([N+](=O)[O-])c1N1CCOCC1. The van der Waals surface area contributed by atoms with Crippen molar-refractivity contribution in [3.05, 3.63) is 33.9 Å². The third kappa shape index (κ3) is 3.77. The van der Waals surface area contributed by atoms with E-state index in [-0.39, 0.29) is 17.3 Å². The Hall–Kier alpha value is -2.68. The molecule has 1 aromatic carbocycles. The van der Waals surface area contributed by atoms with E-state index in [4.69, 9.17) is 9.84 Å². The van der Waals surface area contributed by atoms with E-state index in [0.29, 0.717) is 51.3 Å². The van der Waals surface area contributed by atoms with E-state index in [2.05, 4.69) is 5.32 Å². The Balaban J connectivity index is 1.84. The van der Waals surface area contributed by atoms with Gasteiger partial charge in [-0.1, -0.05) is 6.07 Å². The van der Waals surface area contributed by atoms with Gasteiger partial charge in [0.05, 0.1) is 29.6 Å². The molecule has 1 aliphatic carbocycles. The van der Waals surface area contributed by atoms with Gasteiger partial charge < -0.3 is 20.1 Å². The van der Waals surface area contributed by atoms with Gasteiger partial charge in [0.25, 0.3) is 11.6 Å². The molecule has 1 aromatic rings. The molecule has 1 aliphatic heterocycles. The Kier molecular flexibility index (Phi) is 5.36. The van der Waals surface area contributed by atoms with Gasteiger partial charge in [0.2, 0.25) is 0 Å². The summed E-state index contributed by atoms with van der Waals surface area (Å²) in [7, 11) is 0. The first kappa shape index (κ1) is 18.1. The first-order chi connectivity index (χ1) is 12.5. The number of morpholine rings is 1. The number of carbonyl (C=O) groups excluding carboxylic acids is 1. The van der Waals surface area contributed by atoms with Crippen LogP contribution in [-0.4, -0.2) is 54.3 Å². The van der Waals surface area contributed by atoms with Gasteiger partial charge in [-0.25, -0.2) is 0 Å². The number of anilines is 1. The molecule has 1 saturated carbocycles. The summed E-state index contributed by atoms with van der Waals surface area (Å²) in [6, 6.07) is 4.21. The second kappa shape index (κ2) is 7.69. The van der Waals surface area contributed by atoms with E-state index < -0.39 is 22.7 Å². The molecule has 0 unspecified atom stereocenters. The molecule has 2 fully saturated rings. The topological polar surface area (TPSA) is 122 Å². The van der Waals surface area contributed by atoms with Crippen molar-refractivity contribution in [1.29, 1.82) is 0 Å². The Labute approximate surface area is 150 Å². The summed E-state index contributed by atoms with van der Waals surface area (Å²) >= 11 is 0. The minimum atomic E-state index is -0.855. The van der Waals surface area contributed by atoms with Gasteiger partial charge in [-0.3, -0.25) is 19.7 Å². The van der Waals surface area contributed by atoms with Crippen LogP contribution in [0.2, 0.25) is 0 Å². The fraction of sp³-hybridized carbons (Fsp3) is 0.529. The van der Waals surface area contributed by atoms with E-state index >= 15 is 0 Å². The maximum Gasteiger partial charge on any atom is 0.306 e. The third-order valence-corrected chi connectivity index (χ3v) is 4.90. The van der Waals surface area contributed by atoms with Gasteiger partial charge in [0.1, 0.15) is 5.69 Å². The zero-order chi connectivity index (χ0) is 18.7. The fourth-order valence-electron chi connectivity index (χ4n) is 3.58. The predicted molar refractivity (Wildman–Crippen MR) is 92.4 cm³/mol. The van der Waals surface area contributed by atoms with Crippen LogP contribution in [0.3, 0.4) is 0 Å². The molecule has 26 heavy (non-hydrogen) atoms. The smallest absolute Gasteiger partial charge is 0.306 e. The lowest BCUT2D eigenvalue weighted by Gasteiger charge is -2.30. The van der Waals surface area contributed by atoms with Crippen LogP contribution in [0.1, 0.15) is 29.6 Å². The van der Waals surface area contributed by atoms with Crippen molar-refractivity contribution in [1.82, 2.24) is 5.32 Å². The maximum absolute atomic E-state index is 12.8. The molecule has 2 atom stereocenters. The van der Waals surface area contributed by atoms with E-state index in [0.717, 1.165) is 0 Å². The summed E-state index contributed by atoms with van der Waals surface area (Å²) < 4.78 is 5.30. The highest BCUT2D eigenvalue weighted by Crippen LogP contribution is 2.33. The average Bonchev–Trinajstić information content (AvgIpc) is 3.10. The molecule has 2 N–H and O–H groups in total.